The lowest BCUT2D eigenvalue weighted by molar-refractivity contribution is -0.130. The molecule has 5 heteroatoms. The Hall–Kier alpha value is -2.56. The number of aliphatic carboxylic acids is 1. The molecule has 2 aromatic rings. The van der Waals surface area contributed by atoms with Gasteiger partial charge in [-0.3, -0.25) is 14.9 Å². The number of carbonyl (C=O) groups is 2. The van der Waals surface area contributed by atoms with E-state index in [9.17, 15) is 9.59 Å². The third-order valence-electron chi connectivity index (χ3n) is 2.82. The van der Waals surface area contributed by atoms with Crippen LogP contribution in [0.25, 0.3) is 16.5 Å². The molecular formula is C14H14N2O3. The minimum absolute atomic E-state index is 0.00189. The molecule has 1 heterocycles. The monoisotopic (exact) mass is 258 g/mol. The van der Waals surface area contributed by atoms with Gasteiger partial charge in [-0.1, -0.05) is 18.7 Å². The van der Waals surface area contributed by atoms with Crippen LogP contribution in [0.2, 0.25) is 0 Å². The highest BCUT2D eigenvalue weighted by Gasteiger charge is 2.15. The van der Waals surface area contributed by atoms with E-state index in [1.807, 2.05) is 25.1 Å². The minimum atomic E-state index is -1.08. The first kappa shape index (κ1) is 12.9. The number of rotatable bonds is 3. The van der Waals surface area contributed by atoms with Crippen molar-refractivity contribution in [3.8, 4) is 0 Å². The molecule has 0 unspecified atom stereocenters. The highest BCUT2D eigenvalue weighted by atomic mass is 16.4. The van der Waals surface area contributed by atoms with Gasteiger partial charge in [-0.25, -0.2) is 4.79 Å². The zero-order valence-corrected chi connectivity index (χ0v) is 10.7. The summed E-state index contributed by atoms with van der Waals surface area (Å²) >= 11 is 0. The molecular weight excluding hydrogens is 244 g/mol. The molecule has 0 aliphatic heterocycles. The Morgan fingerprint density at radius 3 is 2.63 bits per heavy atom. The molecule has 19 heavy (non-hydrogen) atoms. The van der Waals surface area contributed by atoms with Crippen molar-refractivity contribution in [2.24, 2.45) is 0 Å². The second-order valence-corrected chi connectivity index (χ2v) is 4.39. The summed E-state index contributed by atoms with van der Waals surface area (Å²) < 4.78 is 1.52. The first-order chi connectivity index (χ1) is 8.90. The van der Waals surface area contributed by atoms with Crippen molar-refractivity contribution in [1.29, 1.82) is 0 Å². The summed E-state index contributed by atoms with van der Waals surface area (Å²) in [6, 6.07) is 5.59. The van der Waals surface area contributed by atoms with Gasteiger partial charge in [0, 0.05) is 24.1 Å². The van der Waals surface area contributed by atoms with Gasteiger partial charge in [-0.2, -0.15) is 0 Å². The summed E-state index contributed by atoms with van der Waals surface area (Å²) in [4.78, 5) is 22.2. The quantitative estimate of drug-likeness (QED) is 0.828. The summed E-state index contributed by atoms with van der Waals surface area (Å²) in [7, 11) is 0. The van der Waals surface area contributed by atoms with Gasteiger partial charge in [-0.15, -0.1) is 0 Å². The Morgan fingerprint density at radius 2 is 2.05 bits per heavy atom. The van der Waals surface area contributed by atoms with Gasteiger partial charge in [0.2, 0.25) is 5.91 Å². The van der Waals surface area contributed by atoms with E-state index in [-0.39, 0.29) is 11.5 Å². The second kappa shape index (κ2) is 4.61. The van der Waals surface area contributed by atoms with Gasteiger partial charge in [0.15, 0.2) is 0 Å². The number of fused-ring (bicyclic) bond motifs is 1. The molecule has 0 atom stereocenters. The molecule has 1 aromatic heterocycles. The molecule has 0 aliphatic rings. The Morgan fingerprint density at radius 1 is 1.37 bits per heavy atom. The van der Waals surface area contributed by atoms with Gasteiger partial charge < -0.3 is 5.11 Å². The van der Waals surface area contributed by atoms with E-state index in [4.69, 9.17) is 5.11 Å². The van der Waals surface area contributed by atoms with Crippen LogP contribution >= 0.6 is 0 Å². The van der Waals surface area contributed by atoms with Gasteiger partial charge in [-0.05, 0) is 18.6 Å². The molecule has 0 saturated heterocycles. The summed E-state index contributed by atoms with van der Waals surface area (Å²) in [5.74, 6) is -1.31. The average Bonchev–Trinajstić information content (AvgIpc) is 2.65. The number of aryl methyl sites for hydroxylation is 1. The van der Waals surface area contributed by atoms with Crippen LogP contribution in [-0.4, -0.2) is 21.7 Å². The maximum Gasteiger partial charge on any atom is 0.335 e. The largest absolute Gasteiger partial charge is 0.478 e. The molecule has 0 fully saturated rings. The fourth-order valence-electron chi connectivity index (χ4n) is 1.95. The van der Waals surface area contributed by atoms with E-state index in [0.717, 1.165) is 16.5 Å². The average molecular weight is 258 g/mol. The smallest absolute Gasteiger partial charge is 0.335 e. The molecule has 5 nitrogen and oxygen atoms in total. The topological polar surface area (TPSA) is 71.3 Å². The number of benzene rings is 1. The van der Waals surface area contributed by atoms with Gasteiger partial charge in [0.1, 0.15) is 0 Å². The van der Waals surface area contributed by atoms with Crippen LogP contribution in [0.1, 0.15) is 18.1 Å². The summed E-state index contributed by atoms with van der Waals surface area (Å²) in [6.07, 6.45) is 1.57. The molecule has 2 N–H and O–H groups in total. The molecule has 1 amide bonds. The number of nitrogens with zero attached hydrogens (tertiary/aromatic N) is 1. The SMILES string of the molecule is C=C(C(=O)O)c1cn(NC(C)=O)c2cc(C)ccc12. The minimum Gasteiger partial charge on any atom is -0.478 e. The lowest BCUT2D eigenvalue weighted by Crippen LogP contribution is -2.18. The lowest BCUT2D eigenvalue weighted by atomic mass is 10.1. The standard InChI is InChI=1S/C14H14N2O3/c1-8-4-5-11-12(9(2)14(18)19)7-16(13(11)6-8)15-10(3)17/h4-7H,2H2,1,3H3,(H,15,17)(H,18,19). The third-order valence-corrected chi connectivity index (χ3v) is 2.82. The zero-order chi connectivity index (χ0) is 14.2. The van der Waals surface area contributed by atoms with Crippen molar-refractivity contribution in [2.45, 2.75) is 13.8 Å². The summed E-state index contributed by atoms with van der Waals surface area (Å²) in [5, 5.41) is 9.79. The van der Waals surface area contributed by atoms with Crippen LogP contribution in [-0.2, 0) is 9.59 Å². The molecule has 98 valence electrons. The van der Waals surface area contributed by atoms with Crippen LogP contribution in [0.3, 0.4) is 0 Å². The van der Waals surface area contributed by atoms with Crippen LogP contribution in [0.15, 0.2) is 31.0 Å². The van der Waals surface area contributed by atoms with Crippen molar-refractivity contribution >= 4 is 28.4 Å². The molecule has 0 saturated carbocycles. The Labute approximate surface area is 110 Å². The number of carboxylic acid groups (broad SMARTS) is 1. The zero-order valence-electron chi connectivity index (χ0n) is 10.7. The number of hydrogen-bond donors (Lipinski definition) is 2. The summed E-state index contributed by atoms with van der Waals surface area (Å²) in [6.45, 7) is 6.89. The van der Waals surface area contributed by atoms with Crippen LogP contribution < -0.4 is 5.43 Å². The first-order valence-corrected chi connectivity index (χ1v) is 5.72. The number of carbonyl (C=O) groups excluding carboxylic acids is 1. The van der Waals surface area contributed by atoms with E-state index >= 15 is 0 Å². The van der Waals surface area contributed by atoms with E-state index in [2.05, 4.69) is 12.0 Å². The predicted octanol–water partition coefficient (Wildman–Crippen LogP) is 2.14. The fraction of sp³-hybridized carbons (Fsp3) is 0.143. The maximum absolute atomic E-state index is 11.2. The van der Waals surface area contributed by atoms with Crippen molar-refractivity contribution in [3.05, 3.63) is 42.1 Å². The fourth-order valence-corrected chi connectivity index (χ4v) is 1.95. The summed E-state index contributed by atoms with van der Waals surface area (Å²) in [5.41, 5.74) is 4.89. The van der Waals surface area contributed by atoms with E-state index in [0.29, 0.717) is 5.56 Å². The maximum atomic E-state index is 11.2. The van der Waals surface area contributed by atoms with Crippen LogP contribution in [0.4, 0.5) is 0 Å². The number of nitrogens with one attached hydrogen (secondary N) is 1. The van der Waals surface area contributed by atoms with Crippen molar-refractivity contribution in [1.82, 2.24) is 4.68 Å². The molecule has 0 aliphatic carbocycles. The molecule has 2 rings (SSSR count). The number of aromatic nitrogens is 1. The molecule has 0 radical (unpaired) electrons. The molecule has 0 spiro atoms. The Kier molecular flexibility index (Phi) is 3.12. The van der Waals surface area contributed by atoms with Gasteiger partial charge in [0.05, 0.1) is 11.1 Å². The molecule has 0 bridgehead atoms. The van der Waals surface area contributed by atoms with Gasteiger partial charge >= 0.3 is 5.97 Å². The highest BCUT2D eigenvalue weighted by Crippen LogP contribution is 2.27. The highest BCUT2D eigenvalue weighted by molar-refractivity contribution is 6.18. The van der Waals surface area contributed by atoms with Crippen molar-refractivity contribution in [3.63, 3.8) is 0 Å². The Balaban J connectivity index is 2.69. The van der Waals surface area contributed by atoms with E-state index in [1.165, 1.54) is 11.6 Å². The van der Waals surface area contributed by atoms with E-state index in [1.54, 1.807) is 6.20 Å². The number of hydrogen-bond acceptors (Lipinski definition) is 2. The Bertz CT molecular complexity index is 698. The lowest BCUT2D eigenvalue weighted by Gasteiger charge is -2.05. The second-order valence-electron chi connectivity index (χ2n) is 4.39. The number of amides is 1. The van der Waals surface area contributed by atoms with Crippen LogP contribution in [0.5, 0.6) is 0 Å². The van der Waals surface area contributed by atoms with Gasteiger partial charge in [0.25, 0.3) is 0 Å². The molecule has 1 aromatic carbocycles. The van der Waals surface area contributed by atoms with Crippen molar-refractivity contribution in [2.75, 3.05) is 5.43 Å². The van der Waals surface area contributed by atoms with Crippen molar-refractivity contribution < 1.29 is 14.7 Å². The third kappa shape index (κ3) is 2.35. The normalized spacial score (nSPS) is 10.4. The predicted molar refractivity (Wildman–Crippen MR) is 73.4 cm³/mol. The van der Waals surface area contributed by atoms with Crippen LogP contribution in [0, 0.1) is 6.92 Å². The van der Waals surface area contributed by atoms with E-state index < -0.39 is 5.97 Å². The number of carboxylic acids is 1. The first-order valence-electron chi connectivity index (χ1n) is 5.72.